The van der Waals surface area contributed by atoms with Crippen molar-refractivity contribution in [2.24, 2.45) is 0 Å². The number of nitrogens with two attached hydrogens (primary N) is 1. The zero-order chi connectivity index (χ0) is 16.3. The van der Waals surface area contributed by atoms with E-state index in [1.54, 1.807) is 6.20 Å². The number of anilines is 1. The van der Waals surface area contributed by atoms with E-state index in [0.717, 1.165) is 22.9 Å². The van der Waals surface area contributed by atoms with Crippen molar-refractivity contribution in [3.63, 3.8) is 0 Å². The van der Waals surface area contributed by atoms with Gasteiger partial charge in [-0.2, -0.15) is 5.10 Å². The van der Waals surface area contributed by atoms with Crippen LogP contribution in [-0.2, 0) is 6.42 Å². The average molecular weight is 334 g/mol. The first-order chi connectivity index (χ1) is 11.7. The Morgan fingerprint density at radius 2 is 2.21 bits per heavy atom. The molecule has 0 aromatic carbocycles. The lowest BCUT2D eigenvalue weighted by atomic mass is 9.77. The van der Waals surface area contributed by atoms with Gasteiger partial charge in [0.2, 0.25) is 0 Å². The van der Waals surface area contributed by atoms with Crippen LogP contribution in [0.1, 0.15) is 51.6 Å². The third-order valence-corrected chi connectivity index (χ3v) is 6.49. The van der Waals surface area contributed by atoms with E-state index in [1.807, 2.05) is 17.5 Å². The predicted octanol–water partition coefficient (Wildman–Crippen LogP) is 4.48. The zero-order valence-corrected chi connectivity index (χ0v) is 14.2. The Morgan fingerprint density at radius 1 is 1.29 bits per heavy atom. The Labute approximate surface area is 144 Å². The van der Waals surface area contributed by atoms with Crippen LogP contribution in [0.5, 0.6) is 0 Å². The summed E-state index contributed by atoms with van der Waals surface area (Å²) >= 11 is 1.95. The number of nitrogens with zero attached hydrogens (tertiary/aromatic N) is 2. The lowest BCUT2D eigenvalue weighted by Crippen LogP contribution is -2.12. The molecule has 3 aromatic rings. The Morgan fingerprint density at radius 3 is 3.12 bits per heavy atom. The molecule has 2 aliphatic carbocycles. The molecule has 0 aliphatic heterocycles. The highest BCUT2D eigenvalue weighted by atomic mass is 32.1. The highest BCUT2D eigenvalue weighted by Crippen LogP contribution is 2.48. The van der Waals surface area contributed by atoms with Gasteiger partial charge in [0, 0.05) is 21.9 Å². The topological polar surface area (TPSA) is 67.6 Å². The van der Waals surface area contributed by atoms with Crippen LogP contribution in [0.4, 0.5) is 5.82 Å². The minimum Gasteiger partial charge on any atom is -0.382 e. The SMILES string of the molecule is CC1c2c(sc3c2C=CCC3)C=CC1c1cncc2[nH]nc(N)c12. The van der Waals surface area contributed by atoms with Gasteiger partial charge in [0.1, 0.15) is 0 Å². The van der Waals surface area contributed by atoms with E-state index in [4.69, 9.17) is 5.73 Å². The van der Waals surface area contributed by atoms with Crippen LogP contribution in [0.2, 0.25) is 0 Å². The van der Waals surface area contributed by atoms with Crippen molar-refractivity contribution in [1.82, 2.24) is 15.2 Å². The van der Waals surface area contributed by atoms with E-state index in [0.29, 0.717) is 11.7 Å². The fraction of sp³-hybridized carbons (Fsp3) is 0.263. The van der Waals surface area contributed by atoms with Crippen LogP contribution in [0.3, 0.4) is 0 Å². The Balaban J connectivity index is 1.68. The number of aromatic amines is 1. The maximum Gasteiger partial charge on any atom is 0.153 e. The maximum absolute atomic E-state index is 6.11. The molecular weight excluding hydrogens is 316 g/mol. The van der Waals surface area contributed by atoms with E-state index < -0.39 is 0 Å². The fourth-order valence-electron chi connectivity index (χ4n) is 4.09. The molecule has 0 fully saturated rings. The fourth-order valence-corrected chi connectivity index (χ4v) is 5.42. The van der Waals surface area contributed by atoms with Gasteiger partial charge in [-0.25, -0.2) is 0 Å². The number of pyridine rings is 1. The van der Waals surface area contributed by atoms with Gasteiger partial charge in [0.15, 0.2) is 5.82 Å². The quantitative estimate of drug-likeness (QED) is 0.689. The lowest BCUT2D eigenvalue weighted by Gasteiger charge is -2.27. The van der Waals surface area contributed by atoms with E-state index >= 15 is 0 Å². The molecule has 2 unspecified atom stereocenters. The molecule has 120 valence electrons. The number of hydrogen-bond acceptors (Lipinski definition) is 4. The number of aromatic nitrogens is 3. The van der Waals surface area contributed by atoms with Gasteiger partial charge in [-0.3, -0.25) is 10.1 Å². The monoisotopic (exact) mass is 334 g/mol. The first-order valence-corrected chi connectivity index (χ1v) is 9.13. The van der Waals surface area contributed by atoms with Crippen LogP contribution < -0.4 is 5.73 Å². The zero-order valence-electron chi connectivity index (χ0n) is 13.4. The summed E-state index contributed by atoms with van der Waals surface area (Å²) in [6, 6.07) is 0. The van der Waals surface area contributed by atoms with Crippen LogP contribution >= 0.6 is 11.3 Å². The molecule has 2 atom stereocenters. The van der Waals surface area contributed by atoms with Gasteiger partial charge in [-0.15, -0.1) is 11.3 Å². The second-order valence-electron chi connectivity index (χ2n) is 6.59. The number of allylic oxidation sites excluding steroid dienone is 2. The molecule has 0 spiro atoms. The number of nitrogen functional groups attached to an aromatic ring is 1. The van der Waals surface area contributed by atoms with Gasteiger partial charge in [-0.05, 0) is 41.5 Å². The van der Waals surface area contributed by atoms with E-state index in [-0.39, 0.29) is 5.92 Å². The summed E-state index contributed by atoms with van der Waals surface area (Å²) in [5.74, 6) is 1.22. The first-order valence-electron chi connectivity index (χ1n) is 8.32. The minimum atomic E-state index is 0.266. The highest BCUT2D eigenvalue weighted by Gasteiger charge is 2.31. The summed E-state index contributed by atoms with van der Waals surface area (Å²) in [4.78, 5) is 7.33. The van der Waals surface area contributed by atoms with Crippen molar-refractivity contribution < 1.29 is 0 Å². The number of aryl methyl sites for hydroxylation is 1. The second kappa shape index (κ2) is 5.05. The number of thiophene rings is 1. The number of rotatable bonds is 1. The molecule has 0 saturated carbocycles. The molecule has 3 heterocycles. The predicted molar refractivity (Wildman–Crippen MR) is 100 cm³/mol. The number of H-pyrrole nitrogens is 1. The highest BCUT2D eigenvalue weighted by molar-refractivity contribution is 7.13. The van der Waals surface area contributed by atoms with Gasteiger partial charge >= 0.3 is 0 Å². The van der Waals surface area contributed by atoms with E-state index in [1.165, 1.54) is 27.3 Å². The average Bonchev–Trinajstić information content (AvgIpc) is 3.16. The maximum atomic E-state index is 6.11. The smallest absolute Gasteiger partial charge is 0.153 e. The summed E-state index contributed by atoms with van der Waals surface area (Å²) in [5, 5.41) is 8.14. The van der Waals surface area contributed by atoms with Gasteiger partial charge < -0.3 is 5.73 Å². The van der Waals surface area contributed by atoms with Gasteiger partial charge in [0.05, 0.1) is 17.1 Å². The molecule has 0 bridgehead atoms. The van der Waals surface area contributed by atoms with Gasteiger partial charge in [0.25, 0.3) is 0 Å². The van der Waals surface area contributed by atoms with Gasteiger partial charge in [-0.1, -0.05) is 25.2 Å². The molecular formula is C19H18N4S. The standard InChI is InChI=1S/C19H18N4S/c1-10-11(13-8-21-9-14-18(13)19(20)23-22-14)6-7-16-17(10)12-4-2-3-5-15(12)24-16/h2,4,6-11H,3,5H2,1H3,(H3,20,22,23). The Kier molecular flexibility index (Phi) is 2.94. The minimum absolute atomic E-state index is 0.266. The molecule has 3 aromatic heterocycles. The Hall–Kier alpha value is -2.40. The molecule has 4 nitrogen and oxygen atoms in total. The Bertz CT molecular complexity index is 1010. The van der Waals surface area contributed by atoms with Crippen molar-refractivity contribution in [2.45, 2.75) is 31.6 Å². The third kappa shape index (κ3) is 1.85. The normalized spacial score (nSPS) is 21.9. The molecule has 24 heavy (non-hydrogen) atoms. The molecule has 5 rings (SSSR count). The molecule has 0 radical (unpaired) electrons. The first kappa shape index (κ1) is 14.0. The number of hydrogen-bond donors (Lipinski definition) is 2. The summed E-state index contributed by atoms with van der Waals surface area (Å²) in [5.41, 5.74) is 11.1. The number of fused-ring (bicyclic) bond motifs is 4. The van der Waals surface area contributed by atoms with Crippen molar-refractivity contribution >= 4 is 40.2 Å². The molecule has 0 saturated heterocycles. The second-order valence-corrected chi connectivity index (χ2v) is 7.73. The summed E-state index contributed by atoms with van der Waals surface area (Å²) < 4.78 is 0. The molecule has 3 N–H and O–H groups in total. The molecule has 0 amide bonds. The van der Waals surface area contributed by atoms with Crippen LogP contribution in [0.25, 0.3) is 23.1 Å². The third-order valence-electron chi connectivity index (χ3n) is 5.25. The summed E-state index contributed by atoms with van der Waals surface area (Å²) in [6.07, 6.45) is 15.3. The van der Waals surface area contributed by atoms with Crippen molar-refractivity contribution in [3.8, 4) is 0 Å². The van der Waals surface area contributed by atoms with Crippen LogP contribution in [-0.4, -0.2) is 15.2 Å². The van der Waals surface area contributed by atoms with E-state index in [9.17, 15) is 0 Å². The molecule has 2 aliphatic rings. The largest absolute Gasteiger partial charge is 0.382 e. The van der Waals surface area contributed by atoms with E-state index in [2.05, 4.69) is 46.4 Å². The van der Waals surface area contributed by atoms with Crippen molar-refractivity contribution in [1.29, 1.82) is 0 Å². The molecule has 5 heteroatoms. The lowest BCUT2D eigenvalue weighted by molar-refractivity contribution is 0.673. The van der Waals surface area contributed by atoms with Crippen LogP contribution in [0, 0.1) is 0 Å². The number of nitrogens with one attached hydrogen (secondary N) is 1. The van der Waals surface area contributed by atoms with Crippen molar-refractivity contribution in [3.05, 3.63) is 51.0 Å². The summed E-state index contributed by atoms with van der Waals surface area (Å²) in [6.45, 7) is 2.32. The summed E-state index contributed by atoms with van der Waals surface area (Å²) in [7, 11) is 0. The van der Waals surface area contributed by atoms with Crippen LogP contribution in [0.15, 0.2) is 24.5 Å². The van der Waals surface area contributed by atoms with Crippen molar-refractivity contribution in [2.75, 3.05) is 5.73 Å².